The number of benzene rings is 2. The molecule has 0 aliphatic carbocycles. The number of nitrogens with zero attached hydrogens (tertiary/aromatic N) is 5. The van der Waals surface area contributed by atoms with Gasteiger partial charge in [0, 0.05) is 30.2 Å². The van der Waals surface area contributed by atoms with Gasteiger partial charge < -0.3 is 24.3 Å². The lowest BCUT2D eigenvalue weighted by molar-refractivity contribution is 0.298. The number of hydrogen-bond acceptors (Lipinski definition) is 6. The van der Waals surface area contributed by atoms with Crippen LogP contribution in [0.15, 0.2) is 79.8 Å². The zero-order valence-electron chi connectivity index (χ0n) is 17.5. The predicted octanol–water partition coefficient (Wildman–Crippen LogP) is 3.95. The number of nitrogens with two attached hydrogens (primary N) is 1. The summed E-state index contributed by atoms with van der Waals surface area (Å²) < 4.78 is 15.2. The van der Waals surface area contributed by atoms with Gasteiger partial charge in [-0.2, -0.15) is 0 Å². The first-order chi connectivity index (χ1) is 15.7. The van der Waals surface area contributed by atoms with Crippen LogP contribution in [-0.4, -0.2) is 37.8 Å². The van der Waals surface area contributed by atoms with Crippen molar-refractivity contribution in [1.29, 1.82) is 0 Å². The first-order valence-corrected chi connectivity index (χ1v) is 10.2. The van der Waals surface area contributed by atoms with Crippen LogP contribution in [0.2, 0.25) is 0 Å². The molecule has 0 saturated carbocycles. The van der Waals surface area contributed by atoms with E-state index in [9.17, 15) is 0 Å². The number of ether oxygens (including phenoxy) is 2. The van der Waals surface area contributed by atoms with E-state index in [1.165, 1.54) is 6.33 Å². The van der Waals surface area contributed by atoms with Crippen LogP contribution in [0.5, 0.6) is 11.5 Å². The van der Waals surface area contributed by atoms with E-state index in [2.05, 4.69) is 15.0 Å². The molecule has 160 valence electrons. The van der Waals surface area contributed by atoms with Crippen LogP contribution in [0.1, 0.15) is 0 Å². The van der Waals surface area contributed by atoms with E-state index >= 15 is 0 Å². The van der Waals surface area contributed by atoms with Crippen molar-refractivity contribution in [3.8, 4) is 28.3 Å². The van der Waals surface area contributed by atoms with Crippen molar-refractivity contribution in [2.24, 2.45) is 0 Å². The molecule has 3 heterocycles. The Hall–Kier alpha value is -4.33. The third-order valence-corrected chi connectivity index (χ3v) is 5.29. The fraction of sp³-hybridized carbons (Fsp3) is 0.125. The van der Waals surface area contributed by atoms with Gasteiger partial charge in [-0.1, -0.05) is 18.2 Å². The molecule has 0 radical (unpaired) electrons. The van der Waals surface area contributed by atoms with Crippen molar-refractivity contribution in [2.75, 3.05) is 19.5 Å². The van der Waals surface area contributed by atoms with Gasteiger partial charge in [-0.05, 0) is 29.8 Å². The fourth-order valence-corrected chi connectivity index (χ4v) is 3.68. The third kappa shape index (κ3) is 3.74. The van der Waals surface area contributed by atoms with Crippen LogP contribution >= 0.6 is 0 Å². The van der Waals surface area contributed by atoms with Crippen LogP contribution in [0.3, 0.4) is 0 Å². The lowest BCUT2D eigenvalue weighted by Gasteiger charge is -2.10. The molecule has 0 amide bonds. The first kappa shape index (κ1) is 19.6. The third-order valence-electron chi connectivity index (χ3n) is 5.29. The Labute approximate surface area is 184 Å². The van der Waals surface area contributed by atoms with E-state index in [4.69, 9.17) is 15.2 Å². The molecule has 0 atom stereocenters. The van der Waals surface area contributed by atoms with Gasteiger partial charge in [0.2, 0.25) is 0 Å². The van der Waals surface area contributed by atoms with Crippen molar-refractivity contribution in [2.45, 2.75) is 6.54 Å². The molecule has 32 heavy (non-hydrogen) atoms. The molecule has 0 aliphatic heterocycles. The number of hydrogen-bond donors (Lipinski definition) is 1. The molecule has 3 aromatic heterocycles. The van der Waals surface area contributed by atoms with Gasteiger partial charge in [0.15, 0.2) is 5.65 Å². The van der Waals surface area contributed by atoms with Gasteiger partial charge in [-0.3, -0.25) is 0 Å². The van der Waals surface area contributed by atoms with Crippen molar-refractivity contribution in [3.63, 3.8) is 0 Å². The van der Waals surface area contributed by atoms with Gasteiger partial charge in [0.05, 0.1) is 31.1 Å². The molecule has 0 spiro atoms. The molecule has 0 fully saturated rings. The van der Waals surface area contributed by atoms with Crippen LogP contribution in [0.25, 0.3) is 27.8 Å². The highest BCUT2D eigenvalue weighted by Crippen LogP contribution is 2.35. The molecular weight excluding hydrogens is 404 g/mol. The second-order valence-corrected chi connectivity index (χ2v) is 7.25. The maximum atomic E-state index is 6.26. The van der Waals surface area contributed by atoms with E-state index in [0.717, 1.165) is 45.9 Å². The smallest absolute Gasteiger partial charge is 0.150 e. The Bertz CT molecular complexity index is 1340. The van der Waals surface area contributed by atoms with E-state index < -0.39 is 0 Å². The van der Waals surface area contributed by atoms with Crippen LogP contribution in [-0.2, 0) is 6.54 Å². The highest BCUT2D eigenvalue weighted by Gasteiger charge is 2.16. The van der Waals surface area contributed by atoms with E-state index in [-0.39, 0.29) is 0 Å². The van der Waals surface area contributed by atoms with Crippen LogP contribution in [0.4, 0.5) is 5.82 Å². The van der Waals surface area contributed by atoms with Crippen LogP contribution in [0, 0.1) is 0 Å². The number of anilines is 1. The summed E-state index contributed by atoms with van der Waals surface area (Å²) in [5.74, 6) is 2.01. The Morgan fingerprint density at radius 3 is 2.69 bits per heavy atom. The Morgan fingerprint density at radius 2 is 1.91 bits per heavy atom. The number of nitrogen functional groups attached to an aromatic ring is 1. The Balaban J connectivity index is 1.51. The number of aromatic nitrogens is 5. The van der Waals surface area contributed by atoms with E-state index in [1.54, 1.807) is 19.6 Å². The van der Waals surface area contributed by atoms with Crippen LogP contribution < -0.4 is 15.2 Å². The number of imidazole rings is 1. The number of methoxy groups -OCH3 is 1. The monoisotopic (exact) mass is 426 g/mol. The molecule has 0 aliphatic rings. The van der Waals surface area contributed by atoms with Gasteiger partial charge >= 0.3 is 0 Å². The van der Waals surface area contributed by atoms with Gasteiger partial charge in [0.25, 0.3) is 0 Å². The molecule has 0 saturated heterocycles. The summed E-state index contributed by atoms with van der Waals surface area (Å²) >= 11 is 0. The van der Waals surface area contributed by atoms with Gasteiger partial charge in [-0.25, -0.2) is 15.0 Å². The topological polar surface area (TPSA) is 93.0 Å². The summed E-state index contributed by atoms with van der Waals surface area (Å²) in [4.78, 5) is 12.8. The second kappa shape index (κ2) is 8.43. The molecule has 2 aromatic carbocycles. The molecule has 8 nitrogen and oxygen atoms in total. The summed E-state index contributed by atoms with van der Waals surface area (Å²) in [7, 11) is 1.65. The lowest BCUT2D eigenvalue weighted by atomic mass is 10.1. The number of rotatable bonds is 7. The zero-order chi connectivity index (χ0) is 21.9. The summed E-state index contributed by atoms with van der Waals surface area (Å²) in [5, 5.41) is 0.809. The minimum Gasteiger partial charge on any atom is -0.497 e. The highest BCUT2D eigenvalue weighted by atomic mass is 16.5. The SMILES string of the molecule is COc1ccc(-c2cn(-c3cccc(OCCn4ccnc4)c3)c3ncnc(N)c23)cc1. The Morgan fingerprint density at radius 1 is 1.03 bits per heavy atom. The van der Waals surface area contributed by atoms with Crippen molar-refractivity contribution < 1.29 is 9.47 Å². The molecule has 0 bridgehead atoms. The summed E-state index contributed by atoms with van der Waals surface area (Å²) in [5.41, 5.74) is 9.88. The average Bonchev–Trinajstić information content (AvgIpc) is 3.48. The fourth-order valence-electron chi connectivity index (χ4n) is 3.68. The van der Waals surface area contributed by atoms with Gasteiger partial charge in [0.1, 0.15) is 30.3 Å². The summed E-state index contributed by atoms with van der Waals surface area (Å²) in [6.45, 7) is 1.26. The summed E-state index contributed by atoms with van der Waals surface area (Å²) in [6, 6.07) is 15.8. The first-order valence-electron chi connectivity index (χ1n) is 10.2. The molecule has 0 unspecified atom stereocenters. The highest BCUT2D eigenvalue weighted by molar-refractivity contribution is 6.01. The normalized spacial score (nSPS) is 11.0. The minimum absolute atomic E-state index is 0.437. The van der Waals surface area contributed by atoms with Crippen molar-refractivity contribution >= 4 is 16.9 Å². The maximum Gasteiger partial charge on any atom is 0.150 e. The van der Waals surface area contributed by atoms with Gasteiger partial charge in [-0.15, -0.1) is 0 Å². The average molecular weight is 426 g/mol. The van der Waals surface area contributed by atoms with Crippen molar-refractivity contribution in [1.82, 2.24) is 24.1 Å². The van der Waals surface area contributed by atoms with E-state index in [0.29, 0.717) is 12.4 Å². The lowest BCUT2D eigenvalue weighted by Crippen LogP contribution is -2.06. The molecular formula is C24H22N6O2. The predicted molar refractivity (Wildman–Crippen MR) is 123 cm³/mol. The minimum atomic E-state index is 0.437. The molecule has 2 N–H and O–H groups in total. The molecule has 8 heteroatoms. The van der Waals surface area contributed by atoms with Crippen molar-refractivity contribution in [3.05, 3.63) is 79.8 Å². The molecule has 5 aromatic rings. The molecule has 5 rings (SSSR count). The largest absolute Gasteiger partial charge is 0.497 e. The van der Waals surface area contributed by atoms with E-state index in [1.807, 2.05) is 70.1 Å². The maximum absolute atomic E-state index is 6.26. The quantitative estimate of drug-likeness (QED) is 0.424. The standard InChI is InChI=1S/C24H22N6O2/c1-31-19-7-5-17(6-8-19)21-14-30(24-22(21)23(25)27-15-28-24)18-3-2-4-20(13-18)32-12-11-29-10-9-26-16-29/h2-10,13-16H,11-12H2,1H3,(H2,25,27,28). The Kier molecular flexibility index (Phi) is 5.17. The summed E-state index contributed by atoms with van der Waals surface area (Å²) in [6.07, 6.45) is 8.96. The zero-order valence-corrected chi connectivity index (χ0v) is 17.5. The number of fused-ring (bicyclic) bond motifs is 1. The second-order valence-electron chi connectivity index (χ2n) is 7.25.